The summed E-state index contributed by atoms with van der Waals surface area (Å²) >= 11 is 0. The summed E-state index contributed by atoms with van der Waals surface area (Å²) in [6.45, 7) is 17.9. The van der Waals surface area contributed by atoms with Crippen LogP contribution in [0.3, 0.4) is 0 Å². The molecule has 0 radical (unpaired) electrons. The molecule has 0 aliphatic rings. The lowest BCUT2D eigenvalue weighted by Crippen LogP contribution is -2.26. The Hall–Kier alpha value is -1.93. The molecule has 3 unspecified atom stereocenters. The molecule has 146 valence electrons. The highest BCUT2D eigenvalue weighted by molar-refractivity contribution is 5.07. The van der Waals surface area contributed by atoms with E-state index in [2.05, 4.69) is 42.3 Å². The molecule has 0 fully saturated rings. The predicted molar refractivity (Wildman–Crippen MR) is 106 cm³/mol. The second-order valence-electron chi connectivity index (χ2n) is 8.83. The van der Waals surface area contributed by atoms with E-state index >= 15 is 0 Å². The first kappa shape index (κ1) is 26.3. The highest BCUT2D eigenvalue weighted by atomic mass is 15.2. The summed E-state index contributed by atoms with van der Waals surface area (Å²) in [5, 5.41) is 35.0. The van der Waals surface area contributed by atoms with Gasteiger partial charge in [0.15, 0.2) is 11.1 Å². The van der Waals surface area contributed by atoms with Crippen LogP contribution in [0.1, 0.15) is 81.6 Å². The Balaban J connectivity index is 0. The molecule has 0 aliphatic carbocycles. The second-order valence-corrected chi connectivity index (χ2v) is 8.83. The lowest BCUT2D eigenvalue weighted by molar-refractivity contribution is 0.384. The van der Waals surface area contributed by atoms with Gasteiger partial charge in [0.25, 0.3) is 0 Å². The van der Waals surface area contributed by atoms with E-state index < -0.39 is 11.1 Å². The average molecular weight is 360 g/mol. The molecule has 5 heteroatoms. The predicted octanol–water partition coefficient (Wildman–Crippen LogP) is 6.29. The van der Waals surface area contributed by atoms with Gasteiger partial charge < -0.3 is 0 Å². The van der Waals surface area contributed by atoms with Gasteiger partial charge in [0.1, 0.15) is 0 Å². The van der Waals surface area contributed by atoms with Crippen LogP contribution in [0.2, 0.25) is 0 Å². The molecule has 0 rings (SSSR count). The third kappa shape index (κ3) is 13.4. The first-order valence-corrected chi connectivity index (χ1v) is 9.49. The van der Waals surface area contributed by atoms with Crippen LogP contribution in [0.5, 0.6) is 0 Å². The van der Waals surface area contributed by atoms with E-state index in [-0.39, 0.29) is 5.92 Å². The van der Waals surface area contributed by atoms with Gasteiger partial charge in [-0.25, -0.2) is 0 Å². The minimum Gasteiger partial charge on any atom is -0.198 e. The van der Waals surface area contributed by atoms with Gasteiger partial charge in [0.2, 0.25) is 0 Å². The number of azo groups is 1. The van der Waals surface area contributed by atoms with E-state index in [1.165, 1.54) is 0 Å². The van der Waals surface area contributed by atoms with Crippen molar-refractivity contribution < 1.29 is 0 Å². The minimum absolute atomic E-state index is 0.231. The molecule has 0 N–H and O–H groups in total. The third-order valence-electron chi connectivity index (χ3n) is 3.63. The monoisotopic (exact) mass is 359 g/mol. The summed E-state index contributed by atoms with van der Waals surface area (Å²) in [5.74, 6) is 1.62. The SMILES string of the molecule is CC(C)CC(C)(C#N)N=NC(C)(C#N)CC(C)C.CC(C)CC(C)C#N. The molecule has 0 heterocycles. The Morgan fingerprint density at radius 2 is 1.04 bits per heavy atom. The topological polar surface area (TPSA) is 96.1 Å². The second kappa shape index (κ2) is 12.4. The van der Waals surface area contributed by atoms with Crippen molar-refractivity contribution in [1.82, 2.24) is 0 Å². The lowest BCUT2D eigenvalue weighted by Gasteiger charge is -2.22. The smallest absolute Gasteiger partial charge is 0.165 e. The Kier molecular flexibility index (Phi) is 12.6. The van der Waals surface area contributed by atoms with Crippen molar-refractivity contribution in [2.75, 3.05) is 0 Å². The van der Waals surface area contributed by atoms with E-state index in [1.807, 2.05) is 34.6 Å². The first-order valence-electron chi connectivity index (χ1n) is 9.49. The number of nitriles is 3. The maximum absolute atomic E-state index is 9.20. The van der Waals surface area contributed by atoms with E-state index in [4.69, 9.17) is 5.26 Å². The molecule has 5 nitrogen and oxygen atoms in total. The van der Waals surface area contributed by atoms with Crippen molar-refractivity contribution in [2.24, 2.45) is 33.9 Å². The van der Waals surface area contributed by atoms with Crippen molar-refractivity contribution in [3.63, 3.8) is 0 Å². The van der Waals surface area contributed by atoms with Gasteiger partial charge in [0, 0.05) is 5.92 Å². The summed E-state index contributed by atoms with van der Waals surface area (Å²) < 4.78 is 0. The highest BCUT2D eigenvalue weighted by Crippen LogP contribution is 2.26. The molecule has 0 spiro atoms. The Labute approximate surface area is 161 Å². The normalized spacial score (nSPS) is 16.8. The van der Waals surface area contributed by atoms with Gasteiger partial charge in [-0.05, 0) is 57.8 Å². The summed E-state index contributed by atoms with van der Waals surface area (Å²) in [4.78, 5) is 0. The zero-order chi connectivity index (χ0) is 21.0. The highest BCUT2D eigenvalue weighted by Gasteiger charge is 2.29. The zero-order valence-electron chi connectivity index (χ0n) is 18.2. The molecule has 0 bridgehead atoms. The number of hydrogen-bond acceptors (Lipinski definition) is 5. The number of nitrogens with zero attached hydrogens (tertiary/aromatic N) is 5. The molecule has 0 aromatic carbocycles. The Morgan fingerprint density at radius 1 is 0.692 bits per heavy atom. The molecular weight excluding hydrogens is 322 g/mol. The van der Waals surface area contributed by atoms with Crippen LogP contribution in [0.15, 0.2) is 10.2 Å². The molecule has 0 aromatic rings. The molecule has 0 aliphatic heterocycles. The fraction of sp³-hybridized carbons (Fsp3) is 0.857. The van der Waals surface area contributed by atoms with Crippen LogP contribution in [0, 0.1) is 57.7 Å². The summed E-state index contributed by atoms with van der Waals surface area (Å²) in [5.41, 5.74) is -1.66. The van der Waals surface area contributed by atoms with E-state index in [0.717, 1.165) is 6.42 Å². The first-order chi connectivity index (χ1) is 11.8. The standard InChI is InChI=1S/C14H24N4.C7H13N/c1-11(2)7-13(5,9-15)17-18-14(6,10-16)8-12(3)4;1-6(2)4-7(3)5-8/h11-12H,7-8H2,1-6H3;6-7H,4H2,1-3H3. The molecule has 3 atom stereocenters. The summed E-state index contributed by atoms with van der Waals surface area (Å²) in [6, 6.07) is 6.58. The molecule has 0 amide bonds. The van der Waals surface area contributed by atoms with Gasteiger partial charge in [-0.3, -0.25) is 0 Å². The molecular formula is C21H37N5. The van der Waals surface area contributed by atoms with E-state index in [1.54, 1.807) is 13.8 Å². The van der Waals surface area contributed by atoms with Crippen molar-refractivity contribution in [1.29, 1.82) is 15.8 Å². The Morgan fingerprint density at radius 3 is 1.19 bits per heavy atom. The quantitative estimate of drug-likeness (QED) is 0.476. The van der Waals surface area contributed by atoms with Crippen LogP contribution in [-0.2, 0) is 0 Å². The average Bonchev–Trinajstić information content (AvgIpc) is 2.51. The van der Waals surface area contributed by atoms with Crippen molar-refractivity contribution in [3.05, 3.63) is 0 Å². The van der Waals surface area contributed by atoms with Gasteiger partial charge >= 0.3 is 0 Å². The largest absolute Gasteiger partial charge is 0.198 e. The third-order valence-corrected chi connectivity index (χ3v) is 3.63. The molecule has 0 aromatic heterocycles. The van der Waals surface area contributed by atoms with Gasteiger partial charge in [0.05, 0.1) is 18.2 Å². The molecule has 0 saturated carbocycles. The Bertz CT molecular complexity index is 508. The van der Waals surface area contributed by atoms with Crippen LogP contribution in [0.25, 0.3) is 0 Å². The van der Waals surface area contributed by atoms with Crippen LogP contribution in [0.4, 0.5) is 0 Å². The van der Waals surface area contributed by atoms with Crippen LogP contribution >= 0.6 is 0 Å². The number of hydrogen-bond donors (Lipinski definition) is 0. The summed E-state index contributed by atoms with van der Waals surface area (Å²) in [7, 11) is 0. The fourth-order valence-electron chi connectivity index (χ4n) is 2.79. The van der Waals surface area contributed by atoms with Crippen molar-refractivity contribution in [3.8, 4) is 18.2 Å². The van der Waals surface area contributed by atoms with Gasteiger partial charge in [-0.15, -0.1) is 0 Å². The molecule has 0 saturated heterocycles. The number of rotatable bonds is 8. The van der Waals surface area contributed by atoms with Crippen molar-refractivity contribution in [2.45, 2.75) is 92.7 Å². The zero-order valence-corrected chi connectivity index (χ0v) is 18.2. The van der Waals surface area contributed by atoms with Crippen LogP contribution < -0.4 is 0 Å². The summed E-state index contributed by atoms with van der Waals surface area (Å²) in [6.07, 6.45) is 2.32. The van der Waals surface area contributed by atoms with E-state index in [0.29, 0.717) is 30.6 Å². The fourth-order valence-corrected chi connectivity index (χ4v) is 2.79. The minimum atomic E-state index is -0.830. The van der Waals surface area contributed by atoms with Crippen molar-refractivity contribution >= 4 is 0 Å². The van der Waals surface area contributed by atoms with Gasteiger partial charge in [-0.1, -0.05) is 41.5 Å². The van der Waals surface area contributed by atoms with Gasteiger partial charge in [-0.2, -0.15) is 26.0 Å². The lowest BCUT2D eigenvalue weighted by atomic mass is 9.92. The van der Waals surface area contributed by atoms with Crippen LogP contribution in [-0.4, -0.2) is 11.1 Å². The maximum Gasteiger partial charge on any atom is 0.165 e. The molecule has 26 heavy (non-hydrogen) atoms. The van der Waals surface area contributed by atoms with E-state index in [9.17, 15) is 10.5 Å². The maximum atomic E-state index is 9.20.